The largest absolute Gasteiger partial charge is 0.497 e. The number of fused-ring (bicyclic) bond motifs is 1. The summed E-state index contributed by atoms with van der Waals surface area (Å²) < 4.78 is 27.1. The molecule has 0 saturated heterocycles. The molecule has 34 heavy (non-hydrogen) atoms. The number of allylic oxidation sites excluding steroid dienone is 1. The number of benzene rings is 3. The van der Waals surface area contributed by atoms with Crippen molar-refractivity contribution in [3.8, 4) is 34.8 Å². The van der Waals surface area contributed by atoms with Crippen LogP contribution in [0, 0.1) is 11.3 Å². The number of rotatable bonds is 7. The number of nitrogens with zero attached hydrogens (tertiary/aromatic N) is 1. The summed E-state index contributed by atoms with van der Waals surface area (Å²) in [6, 6.07) is 21.3. The summed E-state index contributed by atoms with van der Waals surface area (Å²) in [5.41, 5.74) is 7.81. The molecule has 8 nitrogen and oxygen atoms in total. The Hall–Kier alpha value is -4.64. The fourth-order valence-electron chi connectivity index (χ4n) is 3.70. The van der Waals surface area contributed by atoms with Crippen molar-refractivity contribution in [2.45, 2.75) is 5.92 Å². The van der Waals surface area contributed by atoms with E-state index in [4.69, 9.17) is 29.4 Å². The van der Waals surface area contributed by atoms with Crippen molar-refractivity contribution < 1.29 is 28.5 Å². The van der Waals surface area contributed by atoms with Crippen molar-refractivity contribution in [2.24, 2.45) is 5.73 Å². The quantitative estimate of drug-likeness (QED) is 0.419. The monoisotopic (exact) mass is 458 g/mol. The van der Waals surface area contributed by atoms with E-state index >= 15 is 0 Å². The number of hydrogen-bond donors (Lipinski definition) is 1. The third-order valence-electron chi connectivity index (χ3n) is 5.29. The molecule has 0 saturated carbocycles. The number of nitriles is 1. The van der Waals surface area contributed by atoms with Crippen LogP contribution in [0.5, 0.6) is 28.7 Å². The van der Waals surface area contributed by atoms with Gasteiger partial charge in [-0.1, -0.05) is 24.3 Å². The van der Waals surface area contributed by atoms with E-state index < -0.39 is 11.9 Å². The zero-order valence-electron chi connectivity index (χ0n) is 18.6. The van der Waals surface area contributed by atoms with Crippen molar-refractivity contribution >= 4 is 5.97 Å². The Labute approximate surface area is 196 Å². The van der Waals surface area contributed by atoms with E-state index in [9.17, 15) is 10.1 Å². The molecular weight excluding hydrogens is 436 g/mol. The molecule has 3 aromatic rings. The Morgan fingerprint density at radius 2 is 1.68 bits per heavy atom. The lowest BCUT2D eigenvalue weighted by Crippen LogP contribution is -2.22. The Balaban J connectivity index is 1.54. The highest BCUT2D eigenvalue weighted by Crippen LogP contribution is 2.45. The van der Waals surface area contributed by atoms with Crippen LogP contribution in [-0.2, 0) is 4.79 Å². The van der Waals surface area contributed by atoms with Crippen molar-refractivity contribution in [3.63, 3.8) is 0 Å². The zero-order chi connectivity index (χ0) is 24.1. The Morgan fingerprint density at radius 1 is 0.971 bits per heavy atom. The average Bonchev–Trinajstić information content (AvgIpc) is 2.86. The minimum absolute atomic E-state index is 0.0165. The lowest BCUT2D eigenvalue weighted by Gasteiger charge is -2.27. The minimum atomic E-state index is -0.589. The maximum Gasteiger partial charge on any atom is 0.349 e. The number of hydrogen-bond acceptors (Lipinski definition) is 8. The van der Waals surface area contributed by atoms with Crippen LogP contribution in [0.3, 0.4) is 0 Å². The highest BCUT2D eigenvalue weighted by molar-refractivity contribution is 5.74. The molecule has 172 valence electrons. The summed E-state index contributed by atoms with van der Waals surface area (Å²) in [6.07, 6.45) is 0. The predicted octanol–water partition coefficient (Wildman–Crippen LogP) is 3.91. The van der Waals surface area contributed by atoms with Gasteiger partial charge in [-0.3, -0.25) is 0 Å². The fourth-order valence-corrected chi connectivity index (χ4v) is 3.70. The number of carbonyl (C=O) groups excluding carboxylic acids is 1. The summed E-state index contributed by atoms with van der Waals surface area (Å²) >= 11 is 0. The highest BCUT2D eigenvalue weighted by Gasteiger charge is 2.32. The van der Waals surface area contributed by atoms with E-state index in [-0.39, 0.29) is 23.8 Å². The molecule has 2 N–H and O–H groups in total. The standard InChI is InChI=1S/C26H22N2O6/c1-30-16-7-9-17(10-8-16)32-15-24(29)33-18-11-12-20-23(13-18)34-26(28)21(14-27)25(20)19-5-3-4-6-22(19)31-2/h3-13,25H,15,28H2,1-2H3. The molecule has 1 aliphatic heterocycles. The van der Waals surface area contributed by atoms with Crippen LogP contribution in [-0.4, -0.2) is 26.8 Å². The van der Waals surface area contributed by atoms with Gasteiger partial charge in [0, 0.05) is 17.2 Å². The second kappa shape index (κ2) is 9.88. The third-order valence-corrected chi connectivity index (χ3v) is 5.29. The summed E-state index contributed by atoms with van der Waals surface area (Å²) in [5, 5.41) is 9.74. The molecule has 1 aliphatic rings. The summed E-state index contributed by atoms with van der Waals surface area (Å²) in [5.74, 6) is 1.35. The van der Waals surface area contributed by atoms with Crippen molar-refractivity contribution in [1.29, 1.82) is 5.26 Å². The van der Waals surface area contributed by atoms with Crippen LogP contribution in [0.25, 0.3) is 0 Å². The summed E-state index contributed by atoms with van der Waals surface area (Å²) in [6.45, 7) is -0.283. The smallest absolute Gasteiger partial charge is 0.349 e. The first-order chi connectivity index (χ1) is 16.5. The molecule has 0 spiro atoms. The normalized spacial score (nSPS) is 14.3. The first-order valence-electron chi connectivity index (χ1n) is 10.4. The van der Waals surface area contributed by atoms with Gasteiger partial charge in [-0.05, 0) is 36.4 Å². The fraction of sp³-hybridized carbons (Fsp3) is 0.154. The molecule has 3 aromatic carbocycles. The molecule has 0 amide bonds. The lowest BCUT2D eigenvalue weighted by molar-refractivity contribution is -0.136. The first-order valence-corrected chi connectivity index (χ1v) is 10.4. The molecule has 0 aliphatic carbocycles. The lowest BCUT2D eigenvalue weighted by atomic mass is 9.83. The summed E-state index contributed by atoms with van der Waals surface area (Å²) in [7, 11) is 3.13. The van der Waals surface area contributed by atoms with Crippen LogP contribution in [0.15, 0.2) is 78.2 Å². The molecule has 1 heterocycles. The van der Waals surface area contributed by atoms with Gasteiger partial charge in [-0.15, -0.1) is 0 Å². The van der Waals surface area contributed by atoms with Crippen LogP contribution in [0.4, 0.5) is 0 Å². The minimum Gasteiger partial charge on any atom is -0.497 e. The molecule has 4 rings (SSSR count). The number of esters is 1. The average molecular weight is 458 g/mol. The van der Waals surface area contributed by atoms with Gasteiger partial charge in [0.15, 0.2) is 6.61 Å². The topological polar surface area (TPSA) is 113 Å². The van der Waals surface area contributed by atoms with Gasteiger partial charge >= 0.3 is 5.97 Å². The van der Waals surface area contributed by atoms with Crippen LogP contribution < -0.4 is 29.4 Å². The van der Waals surface area contributed by atoms with E-state index in [0.29, 0.717) is 28.6 Å². The molecule has 0 aromatic heterocycles. The molecule has 0 fully saturated rings. The number of methoxy groups -OCH3 is 2. The number of para-hydroxylation sites is 1. The molecule has 0 bridgehead atoms. The Kier molecular flexibility index (Phi) is 6.55. The number of ether oxygens (including phenoxy) is 5. The van der Waals surface area contributed by atoms with E-state index in [1.807, 2.05) is 24.3 Å². The molecule has 8 heteroatoms. The van der Waals surface area contributed by atoms with Gasteiger partial charge in [-0.25, -0.2) is 4.79 Å². The van der Waals surface area contributed by atoms with E-state index in [2.05, 4.69) is 6.07 Å². The van der Waals surface area contributed by atoms with Crippen molar-refractivity contribution in [1.82, 2.24) is 0 Å². The van der Waals surface area contributed by atoms with Crippen molar-refractivity contribution in [3.05, 3.63) is 89.3 Å². The summed E-state index contributed by atoms with van der Waals surface area (Å²) in [4.78, 5) is 12.3. The predicted molar refractivity (Wildman–Crippen MR) is 123 cm³/mol. The molecule has 1 atom stereocenters. The first kappa shape index (κ1) is 22.6. The van der Waals surface area contributed by atoms with Gasteiger partial charge in [0.05, 0.1) is 20.1 Å². The van der Waals surface area contributed by atoms with Gasteiger partial charge < -0.3 is 29.4 Å². The van der Waals surface area contributed by atoms with E-state index in [1.54, 1.807) is 56.7 Å². The second-order valence-corrected chi connectivity index (χ2v) is 7.30. The second-order valence-electron chi connectivity index (χ2n) is 7.30. The molecule has 1 unspecified atom stereocenters. The van der Waals surface area contributed by atoms with Crippen LogP contribution >= 0.6 is 0 Å². The maximum absolute atomic E-state index is 12.3. The van der Waals surface area contributed by atoms with E-state index in [0.717, 1.165) is 5.56 Å². The van der Waals surface area contributed by atoms with Crippen molar-refractivity contribution in [2.75, 3.05) is 20.8 Å². The SMILES string of the molecule is COc1ccc(OCC(=O)Oc2ccc3c(c2)OC(N)=C(C#N)C3c2ccccc2OC)cc1. The van der Waals surface area contributed by atoms with Crippen LogP contribution in [0.2, 0.25) is 0 Å². The zero-order valence-corrected chi connectivity index (χ0v) is 18.6. The molecular formula is C26H22N2O6. The number of nitrogens with two attached hydrogens (primary N) is 1. The van der Waals surface area contributed by atoms with E-state index in [1.165, 1.54) is 0 Å². The van der Waals surface area contributed by atoms with Crippen LogP contribution in [0.1, 0.15) is 17.0 Å². The van der Waals surface area contributed by atoms with Gasteiger partial charge in [0.1, 0.15) is 40.4 Å². The van der Waals surface area contributed by atoms with Gasteiger partial charge in [0.2, 0.25) is 5.88 Å². The number of carbonyl (C=O) groups is 1. The molecule has 0 radical (unpaired) electrons. The van der Waals surface area contributed by atoms with Gasteiger partial charge in [-0.2, -0.15) is 5.26 Å². The highest BCUT2D eigenvalue weighted by atomic mass is 16.6. The van der Waals surface area contributed by atoms with Gasteiger partial charge in [0.25, 0.3) is 0 Å². The maximum atomic E-state index is 12.3. The third kappa shape index (κ3) is 4.59. The Morgan fingerprint density at radius 3 is 2.38 bits per heavy atom. The Bertz CT molecular complexity index is 1280.